The molecule has 0 unspecified atom stereocenters. The first-order valence-electron chi connectivity index (χ1n) is 3.29. The van der Waals surface area contributed by atoms with Crippen molar-refractivity contribution >= 4 is 5.97 Å². The first-order chi connectivity index (χ1) is 5.75. The van der Waals surface area contributed by atoms with Crippen LogP contribution in [0.1, 0.15) is 0 Å². The van der Waals surface area contributed by atoms with Gasteiger partial charge in [-0.25, -0.2) is 4.79 Å². The molecule has 0 atom stereocenters. The van der Waals surface area contributed by atoms with E-state index in [-0.39, 0.29) is 11.4 Å². The molecule has 1 rings (SSSR count). The van der Waals surface area contributed by atoms with Gasteiger partial charge in [-0.15, -0.1) is 0 Å². The molecule has 0 bridgehead atoms. The molecule has 12 heavy (non-hydrogen) atoms. The zero-order valence-corrected chi connectivity index (χ0v) is 6.16. The Morgan fingerprint density at radius 2 is 2.50 bits per heavy atom. The fraction of sp³-hybridized carbons (Fsp3) is 0.143. The summed E-state index contributed by atoms with van der Waals surface area (Å²) < 4.78 is 0. The van der Waals surface area contributed by atoms with Crippen LogP contribution in [-0.2, 0) is 4.79 Å². The molecule has 0 saturated carbocycles. The second-order valence-corrected chi connectivity index (χ2v) is 2.09. The monoisotopic (exact) mass is 165 g/mol. The van der Waals surface area contributed by atoms with Gasteiger partial charge in [0.25, 0.3) is 0 Å². The standard InChI is InChI=1S/C7H7N3O2/c8-4-5(7(11)12)6-9-2-1-3-10-6/h1-2,9-10H,3H2,(H,11,12). The first-order valence-corrected chi connectivity index (χ1v) is 3.29. The Labute approximate surface area is 69.0 Å². The van der Waals surface area contributed by atoms with E-state index in [0.29, 0.717) is 6.54 Å². The molecule has 0 saturated heterocycles. The fourth-order valence-electron chi connectivity index (χ4n) is 0.784. The molecule has 1 aliphatic rings. The molecule has 0 aromatic heterocycles. The average molecular weight is 165 g/mol. The maximum Gasteiger partial charge on any atom is 0.350 e. The van der Waals surface area contributed by atoms with Crippen molar-refractivity contribution in [2.75, 3.05) is 6.54 Å². The lowest BCUT2D eigenvalue weighted by Gasteiger charge is -2.13. The number of hydrogen-bond acceptors (Lipinski definition) is 4. The van der Waals surface area contributed by atoms with E-state index in [1.807, 2.05) is 0 Å². The van der Waals surface area contributed by atoms with Crippen LogP contribution < -0.4 is 10.6 Å². The number of nitrogens with zero attached hydrogens (tertiary/aromatic N) is 1. The zero-order chi connectivity index (χ0) is 8.97. The highest BCUT2D eigenvalue weighted by Crippen LogP contribution is 1.99. The van der Waals surface area contributed by atoms with Crippen LogP contribution >= 0.6 is 0 Å². The second-order valence-electron chi connectivity index (χ2n) is 2.09. The van der Waals surface area contributed by atoms with Gasteiger partial charge in [-0.1, -0.05) is 0 Å². The Hall–Kier alpha value is -1.96. The van der Waals surface area contributed by atoms with Gasteiger partial charge in [0.1, 0.15) is 11.9 Å². The quantitative estimate of drug-likeness (QED) is 0.360. The van der Waals surface area contributed by atoms with Crippen LogP contribution in [0, 0.1) is 11.3 Å². The normalized spacial score (nSPS) is 18.6. The Bertz CT molecular complexity index is 298. The molecule has 0 fully saturated rings. The number of carbonyl (C=O) groups is 1. The molecule has 1 aliphatic heterocycles. The molecule has 0 aromatic rings. The van der Waals surface area contributed by atoms with Crippen LogP contribution in [0.3, 0.4) is 0 Å². The molecule has 0 amide bonds. The topological polar surface area (TPSA) is 85.2 Å². The van der Waals surface area contributed by atoms with Gasteiger partial charge >= 0.3 is 5.97 Å². The van der Waals surface area contributed by atoms with Crippen molar-refractivity contribution in [2.45, 2.75) is 0 Å². The van der Waals surface area contributed by atoms with Gasteiger partial charge in [0.05, 0.1) is 0 Å². The predicted octanol–water partition coefficient (Wildman–Crippen LogP) is -0.487. The molecule has 0 aromatic carbocycles. The van der Waals surface area contributed by atoms with E-state index in [1.165, 1.54) is 0 Å². The minimum Gasteiger partial charge on any atom is -0.477 e. The summed E-state index contributed by atoms with van der Waals surface area (Å²) in [6.45, 7) is 0.529. The van der Waals surface area contributed by atoms with E-state index < -0.39 is 5.97 Å². The highest BCUT2D eigenvalue weighted by atomic mass is 16.4. The Morgan fingerprint density at radius 3 is 2.92 bits per heavy atom. The molecule has 0 radical (unpaired) electrons. The van der Waals surface area contributed by atoms with Crippen LogP contribution in [0.4, 0.5) is 0 Å². The molecular weight excluding hydrogens is 158 g/mol. The summed E-state index contributed by atoms with van der Waals surface area (Å²) in [6.07, 6.45) is 3.37. The third kappa shape index (κ3) is 1.55. The van der Waals surface area contributed by atoms with E-state index >= 15 is 0 Å². The maximum atomic E-state index is 10.4. The molecule has 1 heterocycles. The van der Waals surface area contributed by atoms with Gasteiger partial charge in [-0.3, -0.25) is 0 Å². The van der Waals surface area contributed by atoms with Crippen molar-refractivity contribution in [1.29, 1.82) is 5.26 Å². The van der Waals surface area contributed by atoms with E-state index in [1.54, 1.807) is 18.3 Å². The van der Waals surface area contributed by atoms with Crippen LogP contribution in [0.5, 0.6) is 0 Å². The summed E-state index contributed by atoms with van der Waals surface area (Å²) in [6, 6.07) is 1.59. The summed E-state index contributed by atoms with van der Waals surface area (Å²) >= 11 is 0. The van der Waals surface area contributed by atoms with Crippen molar-refractivity contribution in [1.82, 2.24) is 10.6 Å². The SMILES string of the molecule is N#CC(C(=O)O)=C1NC=CCN1. The Balaban J connectivity index is 2.94. The lowest BCUT2D eigenvalue weighted by molar-refractivity contribution is -0.132. The number of carboxylic acids is 1. The minimum absolute atomic E-state index is 0.243. The van der Waals surface area contributed by atoms with Gasteiger partial charge in [-0.05, 0) is 6.08 Å². The zero-order valence-electron chi connectivity index (χ0n) is 6.16. The fourth-order valence-corrected chi connectivity index (χ4v) is 0.784. The summed E-state index contributed by atoms with van der Waals surface area (Å²) in [5, 5.41) is 22.4. The summed E-state index contributed by atoms with van der Waals surface area (Å²) in [5.41, 5.74) is -0.306. The number of rotatable bonds is 1. The van der Waals surface area contributed by atoms with Crippen LogP contribution in [0.15, 0.2) is 23.7 Å². The number of aliphatic carboxylic acids is 1. The predicted molar refractivity (Wildman–Crippen MR) is 40.6 cm³/mol. The Morgan fingerprint density at radius 1 is 1.75 bits per heavy atom. The average Bonchev–Trinajstić information content (AvgIpc) is 2.07. The molecule has 5 nitrogen and oxygen atoms in total. The maximum absolute atomic E-state index is 10.4. The summed E-state index contributed by atoms with van der Waals surface area (Å²) in [4.78, 5) is 10.4. The van der Waals surface area contributed by atoms with Crippen LogP contribution in [0.25, 0.3) is 0 Å². The van der Waals surface area contributed by atoms with E-state index in [2.05, 4.69) is 10.6 Å². The van der Waals surface area contributed by atoms with E-state index in [0.717, 1.165) is 0 Å². The lowest BCUT2D eigenvalue weighted by Crippen LogP contribution is -2.30. The molecule has 0 aliphatic carbocycles. The van der Waals surface area contributed by atoms with Crippen LogP contribution in [0.2, 0.25) is 0 Å². The number of nitrogens with one attached hydrogen (secondary N) is 2. The second kappa shape index (κ2) is 3.44. The number of nitriles is 1. The minimum atomic E-state index is -1.23. The first kappa shape index (κ1) is 8.14. The summed E-state index contributed by atoms with van der Waals surface area (Å²) in [5.74, 6) is -0.990. The van der Waals surface area contributed by atoms with Crippen molar-refractivity contribution in [3.8, 4) is 6.07 Å². The molecular formula is C7H7N3O2. The Kier molecular flexibility index (Phi) is 2.33. The van der Waals surface area contributed by atoms with Crippen molar-refractivity contribution in [3.05, 3.63) is 23.7 Å². The molecule has 62 valence electrons. The molecule has 5 heteroatoms. The smallest absolute Gasteiger partial charge is 0.350 e. The third-order valence-corrected chi connectivity index (χ3v) is 1.32. The summed E-state index contributed by atoms with van der Waals surface area (Å²) in [7, 11) is 0. The van der Waals surface area contributed by atoms with Gasteiger partial charge in [0, 0.05) is 12.7 Å². The van der Waals surface area contributed by atoms with Crippen molar-refractivity contribution < 1.29 is 9.90 Å². The largest absolute Gasteiger partial charge is 0.477 e. The van der Waals surface area contributed by atoms with E-state index in [9.17, 15) is 4.79 Å². The van der Waals surface area contributed by atoms with Crippen molar-refractivity contribution in [2.24, 2.45) is 0 Å². The van der Waals surface area contributed by atoms with Gasteiger partial charge in [0.15, 0.2) is 5.57 Å². The lowest BCUT2D eigenvalue weighted by atomic mass is 10.3. The van der Waals surface area contributed by atoms with Gasteiger partial charge in [-0.2, -0.15) is 5.26 Å². The number of hydrogen-bond donors (Lipinski definition) is 3. The molecule has 0 spiro atoms. The van der Waals surface area contributed by atoms with Crippen LogP contribution in [-0.4, -0.2) is 17.6 Å². The highest BCUT2D eigenvalue weighted by Gasteiger charge is 2.13. The van der Waals surface area contributed by atoms with Gasteiger partial charge < -0.3 is 15.7 Å². The highest BCUT2D eigenvalue weighted by molar-refractivity contribution is 5.91. The number of carboxylic acid groups (broad SMARTS) is 1. The van der Waals surface area contributed by atoms with E-state index in [4.69, 9.17) is 10.4 Å². The van der Waals surface area contributed by atoms with Crippen molar-refractivity contribution in [3.63, 3.8) is 0 Å². The third-order valence-electron chi connectivity index (χ3n) is 1.32. The van der Waals surface area contributed by atoms with Gasteiger partial charge in [0.2, 0.25) is 0 Å². The molecule has 3 N–H and O–H groups in total.